The number of amides is 1. The Kier molecular flexibility index (Phi) is 5.20. The van der Waals surface area contributed by atoms with Crippen LogP contribution in [0.2, 0.25) is 0 Å². The fraction of sp³-hybridized carbons (Fsp3) is 0.412. The molecule has 0 radical (unpaired) electrons. The maximum absolute atomic E-state index is 12.3. The Morgan fingerprint density at radius 1 is 1.27 bits per heavy atom. The highest BCUT2D eigenvalue weighted by Gasteiger charge is 2.16. The number of ether oxygens (including phenoxy) is 1. The van der Waals surface area contributed by atoms with Crippen LogP contribution < -0.4 is 4.74 Å². The van der Waals surface area contributed by atoms with Crippen molar-refractivity contribution in [2.75, 3.05) is 13.7 Å². The summed E-state index contributed by atoms with van der Waals surface area (Å²) < 4.78 is 10.5. The van der Waals surface area contributed by atoms with Crippen molar-refractivity contribution in [3.8, 4) is 5.75 Å². The van der Waals surface area contributed by atoms with Crippen LogP contribution in [0.3, 0.4) is 0 Å². The van der Waals surface area contributed by atoms with E-state index in [1.54, 1.807) is 11.9 Å². The highest BCUT2D eigenvalue weighted by Crippen LogP contribution is 2.16. The maximum Gasteiger partial charge on any atom is 0.227 e. The molecule has 1 heterocycles. The minimum absolute atomic E-state index is 0.0447. The molecule has 1 aromatic heterocycles. The van der Waals surface area contributed by atoms with Gasteiger partial charge in [-0.1, -0.05) is 17.3 Å². The van der Waals surface area contributed by atoms with Gasteiger partial charge in [-0.2, -0.15) is 0 Å². The van der Waals surface area contributed by atoms with E-state index >= 15 is 0 Å². The Hall–Kier alpha value is -2.30. The number of carbonyl (C=O) groups excluding carboxylic acids is 1. The molecule has 1 aromatic carbocycles. The first kappa shape index (κ1) is 16.1. The minimum Gasteiger partial charge on any atom is -0.494 e. The molecule has 0 fully saturated rings. The Bertz CT molecular complexity index is 612. The summed E-state index contributed by atoms with van der Waals surface area (Å²) in [5.74, 6) is 1.60. The average molecular weight is 302 g/mol. The Morgan fingerprint density at radius 2 is 1.95 bits per heavy atom. The van der Waals surface area contributed by atoms with Crippen LogP contribution >= 0.6 is 0 Å². The number of carbonyl (C=O) groups is 1. The fourth-order valence-corrected chi connectivity index (χ4v) is 2.26. The lowest BCUT2D eigenvalue weighted by Crippen LogP contribution is -2.28. The van der Waals surface area contributed by atoms with Crippen molar-refractivity contribution in [2.24, 2.45) is 0 Å². The summed E-state index contributed by atoms with van der Waals surface area (Å²) in [6.45, 7) is 6.85. The first-order valence-corrected chi connectivity index (χ1v) is 7.38. The second-order valence-electron chi connectivity index (χ2n) is 5.31. The second kappa shape index (κ2) is 7.11. The van der Waals surface area contributed by atoms with Crippen molar-refractivity contribution in [3.63, 3.8) is 0 Å². The Labute approximate surface area is 130 Å². The van der Waals surface area contributed by atoms with Crippen molar-refractivity contribution in [2.45, 2.75) is 33.7 Å². The van der Waals surface area contributed by atoms with Gasteiger partial charge in [0, 0.05) is 19.2 Å². The van der Waals surface area contributed by atoms with E-state index in [9.17, 15) is 4.79 Å². The zero-order chi connectivity index (χ0) is 16.1. The average Bonchev–Trinajstić information content (AvgIpc) is 2.81. The second-order valence-corrected chi connectivity index (χ2v) is 5.31. The van der Waals surface area contributed by atoms with Gasteiger partial charge in [0.05, 0.1) is 18.7 Å². The molecule has 5 nitrogen and oxygen atoms in total. The molecule has 118 valence electrons. The highest BCUT2D eigenvalue weighted by molar-refractivity contribution is 5.79. The molecule has 0 spiro atoms. The molecule has 0 bridgehead atoms. The van der Waals surface area contributed by atoms with Gasteiger partial charge in [0.25, 0.3) is 0 Å². The topological polar surface area (TPSA) is 55.6 Å². The number of hydrogen-bond acceptors (Lipinski definition) is 4. The fourth-order valence-electron chi connectivity index (χ4n) is 2.26. The van der Waals surface area contributed by atoms with Crippen molar-refractivity contribution in [3.05, 3.63) is 46.8 Å². The van der Waals surface area contributed by atoms with Crippen LogP contribution in [0.15, 0.2) is 28.8 Å². The summed E-state index contributed by atoms with van der Waals surface area (Å²) in [7, 11) is 1.80. The predicted molar refractivity (Wildman–Crippen MR) is 83.8 cm³/mol. The first-order chi connectivity index (χ1) is 10.5. The maximum atomic E-state index is 12.3. The lowest BCUT2D eigenvalue weighted by molar-refractivity contribution is -0.129. The first-order valence-electron chi connectivity index (χ1n) is 7.38. The molecule has 2 rings (SSSR count). The molecule has 0 aliphatic rings. The number of hydrogen-bond donors (Lipinski definition) is 0. The largest absolute Gasteiger partial charge is 0.494 e. The van der Waals surface area contributed by atoms with Gasteiger partial charge in [-0.05, 0) is 38.5 Å². The van der Waals surface area contributed by atoms with Crippen molar-refractivity contribution < 1.29 is 14.1 Å². The zero-order valence-corrected chi connectivity index (χ0v) is 13.5. The molecule has 0 N–H and O–H groups in total. The van der Waals surface area contributed by atoms with Crippen LogP contribution in [0.25, 0.3) is 0 Å². The third-order valence-electron chi connectivity index (χ3n) is 3.59. The van der Waals surface area contributed by atoms with E-state index in [0.717, 1.165) is 22.6 Å². The number of nitrogens with zero attached hydrogens (tertiary/aromatic N) is 2. The van der Waals surface area contributed by atoms with E-state index in [1.807, 2.05) is 45.0 Å². The Morgan fingerprint density at radius 3 is 2.50 bits per heavy atom. The molecule has 22 heavy (non-hydrogen) atoms. The van der Waals surface area contributed by atoms with Crippen LogP contribution in [0, 0.1) is 13.8 Å². The van der Waals surface area contributed by atoms with E-state index in [-0.39, 0.29) is 5.91 Å². The summed E-state index contributed by atoms with van der Waals surface area (Å²) >= 11 is 0. The van der Waals surface area contributed by atoms with Crippen LogP contribution in [0.1, 0.15) is 29.5 Å². The number of aryl methyl sites for hydroxylation is 2. The third kappa shape index (κ3) is 3.87. The molecular formula is C17H22N2O3. The standard InChI is InChI=1S/C17H22N2O3/c1-5-21-15-8-6-14(7-9-15)11-19(4)17(20)10-16-12(2)18-22-13(16)3/h6-9H,5,10-11H2,1-4H3. The summed E-state index contributed by atoms with van der Waals surface area (Å²) in [6, 6.07) is 7.80. The number of rotatable bonds is 6. The van der Waals surface area contributed by atoms with Gasteiger partial charge in [0.15, 0.2) is 0 Å². The van der Waals surface area contributed by atoms with Gasteiger partial charge in [-0.25, -0.2) is 0 Å². The molecule has 2 aromatic rings. The predicted octanol–water partition coefficient (Wildman–Crippen LogP) is 2.89. The van der Waals surface area contributed by atoms with Crippen LogP contribution in [-0.4, -0.2) is 29.6 Å². The monoisotopic (exact) mass is 302 g/mol. The summed E-state index contributed by atoms with van der Waals surface area (Å²) in [5, 5.41) is 3.88. The van der Waals surface area contributed by atoms with Gasteiger partial charge < -0.3 is 14.2 Å². The minimum atomic E-state index is 0.0447. The molecule has 0 aliphatic carbocycles. The molecule has 1 amide bonds. The van der Waals surface area contributed by atoms with E-state index in [0.29, 0.717) is 25.3 Å². The quantitative estimate of drug-likeness (QED) is 0.823. The summed E-state index contributed by atoms with van der Waals surface area (Å²) in [6.07, 6.45) is 0.314. The zero-order valence-electron chi connectivity index (χ0n) is 13.5. The van der Waals surface area contributed by atoms with Gasteiger partial charge in [-0.3, -0.25) is 4.79 Å². The number of aromatic nitrogens is 1. The Balaban J connectivity index is 1.96. The number of likely N-dealkylation sites (N-methyl/N-ethyl adjacent to an activating group) is 1. The van der Waals surface area contributed by atoms with Crippen LogP contribution in [-0.2, 0) is 17.8 Å². The molecule has 0 saturated carbocycles. The van der Waals surface area contributed by atoms with E-state index < -0.39 is 0 Å². The van der Waals surface area contributed by atoms with Gasteiger partial charge in [0.2, 0.25) is 5.91 Å². The van der Waals surface area contributed by atoms with E-state index in [2.05, 4.69) is 5.16 Å². The van der Waals surface area contributed by atoms with Crippen molar-refractivity contribution in [1.29, 1.82) is 0 Å². The molecule has 0 saturated heterocycles. The van der Waals surface area contributed by atoms with Gasteiger partial charge in [-0.15, -0.1) is 0 Å². The number of benzene rings is 1. The smallest absolute Gasteiger partial charge is 0.227 e. The summed E-state index contributed by atoms with van der Waals surface area (Å²) in [5.41, 5.74) is 2.72. The molecule has 0 atom stereocenters. The van der Waals surface area contributed by atoms with Crippen LogP contribution in [0.5, 0.6) is 5.75 Å². The highest BCUT2D eigenvalue weighted by atomic mass is 16.5. The molecular weight excluding hydrogens is 280 g/mol. The van der Waals surface area contributed by atoms with Crippen LogP contribution in [0.4, 0.5) is 0 Å². The van der Waals surface area contributed by atoms with E-state index in [1.165, 1.54) is 0 Å². The molecule has 0 aliphatic heterocycles. The van der Waals surface area contributed by atoms with Gasteiger partial charge in [0.1, 0.15) is 11.5 Å². The van der Waals surface area contributed by atoms with E-state index in [4.69, 9.17) is 9.26 Å². The van der Waals surface area contributed by atoms with Crippen molar-refractivity contribution in [1.82, 2.24) is 10.1 Å². The lowest BCUT2D eigenvalue weighted by atomic mass is 10.1. The molecule has 0 unspecified atom stereocenters. The third-order valence-corrected chi connectivity index (χ3v) is 3.59. The van der Waals surface area contributed by atoms with Gasteiger partial charge >= 0.3 is 0 Å². The normalized spacial score (nSPS) is 10.5. The summed E-state index contributed by atoms with van der Waals surface area (Å²) in [4.78, 5) is 14.0. The SMILES string of the molecule is CCOc1ccc(CN(C)C(=O)Cc2c(C)noc2C)cc1. The van der Waals surface area contributed by atoms with Crippen molar-refractivity contribution >= 4 is 5.91 Å². The lowest BCUT2D eigenvalue weighted by Gasteiger charge is -2.17. The molecule has 5 heteroatoms.